The fourth-order valence-corrected chi connectivity index (χ4v) is 1.95. The zero-order valence-electron chi connectivity index (χ0n) is 10.7. The monoisotopic (exact) mass is 234 g/mol. The molecule has 0 aliphatic heterocycles. The molecule has 4 nitrogen and oxygen atoms in total. The first kappa shape index (κ1) is 13.6. The molecule has 0 aromatic carbocycles. The van der Waals surface area contributed by atoms with Gasteiger partial charge < -0.3 is 5.73 Å². The van der Waals surface area contributed by atoms with E-state index in [2.05, 4.69) is 23.7 Å². The average Bonchev–Trinajstić information content (AvgIpc) is 2.30. The Morgan fingerprint density at radius 2 is 2.00 bits per heavy atom. The molecule has 0 saturated carbocycles. The number of hydrogen-bond acceptors (Lipinski definition) is 3. The maximum atomic E-state index is 7.52. The minimum atomic E-state index is 0.0496. The number of nitrogen functional groups attached to an aromatic ring is 1. The van der Waals surface area contributed by atoms with Crippen LogP contribution >= 0.6 is 0 Å². The molecule has 0 aliphatic rings. The van der Waals surface area contributed by atoms with E-state index in [-0.39, 0.29) is 5.84 Å². The van der Waals surface area contributed by atoms with Crippen LogP contribution in [0.1, 0.15) is 37.9 Å². The van der Waals surface area contributed by atoms with E-state index in [0.717, 1.165) is 38.0 Å². The topological polar surface area (TPSA) is 66.0 Å². The van der Waals surface area contributed by atoms with E-state index in [1.807, 2.05) is 12.1 Å². The van der Waals surface area contributed by atoms with Crippen LogP contribution in [0.4, 0.5) is 0 Å². The van der Waals surface area contributed by atoms with E-state index in [0.29, 0.717) is 5.69 Å². The number of nitrogens with zero attached hydrogens (tertiary/aromatic N) is 2. The Morgan fingerprint density at radius 1 is 1.35 bits per heavy atom. The lowest BCUT2D eigenvalue weighted by molar-refractivity contribution is 0.266. The molecule has 0 fully saturated rings. The smallest absolute Gasteiger partial charge is 0.142 e. The normalized spacial score (nSPS) is 10.8. The van der Waals surface area contributed by atoms with Gasteiger partial charge in [0, 0.05) is 12.7 Å². The highest BCUT2D eigenvalue weighted by atomic mass is 15.1. The molecule has 0 aliphatic carbocycles. The summed E-state index contributed by atoms with van der Waals surface area (Å²) in [5.41, 5.74) is 7.20. The van der Waals surface area contributed by atoms with Gasteiger partial charge in [0.25, 0.3) is 0 Å². The first-order valence-electron chi connectivity index (χ1n) is 6.19. The van der Waals surface area contributed by atoms with E-state index in [1.165, 1.54) is 0 Å². The van der Waals surface area contributed by atoms with Crippen molar-refractivity contribution in [1.29, 1.82) is 5.41 Å². The standard InChI is InChI=1S/C13H22N4/c1-3-8-17(9-4-2)10-11-6-5-7-16-12(11)13(14)15/h5-7H,3-4,8-10H2,1-2H3,(H3,14,15). The van der Waals surface area contributed by atoms with Crippen LogP contribution in [0.15, 0.2) is 18.3 Å². The number of hydrogen-bond donors (Lipinski definition) is 2. The van der Waals surface area contributed by atoms with Gasteiger partial charge in [-0.1, -0.05) is 19.9 Å². The second kappa shape index (κ2) is 7.01. The van der Waals surface area contributed by atoms with Crippen molar-refractivity contribution >= 4 is 5.84 Å². The summed E-state index contributed by atoms with van der Waals surface area (Å²) in [5.74, 6) is 0.0496. The summed E-state index contributed by atoms with van der Waals surface area (Å²) < 4.78 is 0. The van der Waals surface area contributed by atoms with Gasteiger partial charge in [0.05, 0.1) is 0 Å². The predicted molar refractivity (Wildman–Crippen MR) is 71.1 cm³/mol. The number of aromatic nitrogens is 1. The molecule has 0 saturated heterocycles. The number of nitrogens with one attached hydrogen (secondary N) is 1. The Hall–Kier alpha value is -1.42. The van der Waals surface area contributed by atoms with E-state index in [1.54, 1.807) is 6.20 Å². The van der Waals surface area contributed by atoms with Crippen LogP contribution in [0.2, 0.25) is 0 Å². The summed E-state index contributed by atoms with van der Waals surface area (Å²) in [6, 6.07) is 3.90. The van der Waals surface area contributed by atoms with E-state index < -0.39 is 0 Å². The molecule has 1 rings (SSSR count). The van der Waals surface area contributed by atoms with Crippen LogP contribution in [-0.2, 0) is 6.54 Å². The van der Waals surface area contributed by atoms with Gasteiger partial charge in [0.2, 0.25) is 0 Å². The van der Waals surface area contributed by atoms with Crippen LogP contribution in [-0.4, -0.2) is 28.8 Å². The maximum absolute atomic E-state index is 7.52. The molecule has 94 valence electrons. The predicted octanol–water partition coefficient (Wildman–Crippen LogP) is 1.99. The molecule has 1 heterocycles. The van der Waals surface area contributed by atoms with Gasteiger partial charge in [-0.05, 0) is 37.6 Å². The molecule has 0 spiro atoms. The van der Waals surface area contributed by atoms with Gasteiger partial charge in [0.1, 0.15) is 11.5 Å². The number of rotatable bonds is 7. The van der Waals surface area contributed by atoms with Crippen molar-refractivity contribution in [2.45, 2.75) is 33.2 Å². The highest BCUT2D eigenvalue weighted by Gasteiger charge is 2.10. The molecular weight excluding hydrogens is 212 g/mol. The molecular formula is C13H22N4. The number of nitrogens with two attached hydrogens (primary N) is 1. The van der Waals surface area contributed by atoms with Gasteiger partial charge >= 0.3 is 0 Å². The second-order valence-corrected chi connectivity index (χ2v) is 4.20. The Balaban J connectivity index is 2.80. The molecule has 3 N–H and O–H groups in total. The van der Waals surface area contributed by atoms with Crippen LogP contribution in [0, 0.1) is 5.41 Å². The lowest BCUT2D eigenvalue weighted by Gasteiger charge is -2.21. The zero-order valence-corrected chi connectivity index (χ0v) is 10.7. The first-order chi connectivity index (χ1) is 8.19. The lowest BCUT2D eigenvalue weighted by atomic mass is 10.1. The summed E-state index contributed by atoms with van der Waals surface area (Å²) in [5, 5.41) is 7.52. The summed E-state index contributed by atoms with van der Waals surface area (Å²) >= 11 is 0. The van der Waals surface area contributed by atoms with Crippen molar-refractivity contribution < 1.29 is 0 Å². The van der Waals surface area contributed by atoms with Gasteiger partial charge in [0.15, 0.2) is 0 Å². The quantitative estimate of drug-likeness (QED) is 0.560. The van der Waals surface area contributed by atoms with Gasteiger partial charge in [-0.25, -0.2) is 0 Å². The number of amidine groups is 1. The van der Waals surface area contributed by atoms with Crippen LogP contribution in [0.25, 0.3) is 0 Å². The van der Waals surface area contributed by atoms with E-state index >= 15 is 0 Å². The van der Waals surface area contributed by atoms with Gasteiger partial charge in [-0.15, -0.1) is 0 Å². The molecule has 0 amide bonds. The van der Waals surface area contributed by atoms with Crippen LogP contribution in [0.3, 0.4) is 0 Å². The average molecular weight is 234 g/mol. The second-order valence-electron chi connectivity index (χ2n) is 4.20. The minimum Gasteiger partial charge on any atom is -0.382 e. The highest BCUT2D eigenvalue weighted by Crippen LogP contribution is 2.09. The largest absolute Gasteiger partial charge is 0.382 e. The van der Waals surface area contributed by atoms with E-state index in [4.69, 9.17) is 11.1 Å². The molecule has 0 atom stereocenters. The van der Waals surface area contributed by atoms with Crippen LogP contribution in [0.5, 0.6) is 0 Å². The third-order valence-corrected chi connectivity index (χ3v) is 2.62. The summed E-state index contributed by atoms with van der Waals surface area (Å²) in [6.07, 6.45) is 3.95. The molecule has 0 bridgehead atoms. The van der Waals surface area contributed by atoms with Crippen molar-refractivity contribution in [3.8, 4) is 0 Å². The Morgan fingerprint density at radius 3 is 2.53 bits per heavy atom. The van der Waals surface area contributed by atoms with E-state index in [9.17, 15) is 0 Å². The maximum Gasteiger partial charge on any atom is 0.142 e. The fourth-order valence-electron chi connectivity index (χ4n) is 1.95. The Labute approximate surface area is 103 Å². The first-order valence-corrected chi connectivity index (χ1v) is 6.19. The zero-order chi connectivity index (χ0) is 12.7. The Kier molecular flexibility index (Phi) is 5.63. The number of pyridine rings is 1. The van der Waals surface area contributed by atoms with Gasteiger partial charge in [-0.3, -0.25) is 15.3 Å². The molecule has 4 heteroatoms. The minimum absolute atomic E-state index is 0.0496. The summed E-state index contributed by atoms with van der Waals surface area (Å²) in [7, 11) is 0. The summed E-state index contributed by atoms with van der Waals surface area (Å²) in [4.78, 5) is 6.55. The highest BCUT2D eigenvalue weighted by molar-refractivity contribution is 5.94. The van der Waals surface area contributed by atoms with Crippen molar-refractivity contribution in [2.75, 3.05) is 13.1 Å². The fraction of sp³-hybridized carbons (Fsp3) is 0.538. The molecule has 0 unspecified atom stereocenters. The third kappa shape index (κ3) is 4.15. The van der Waals surface area contributed by atoms with Crippen molar-refractivity contribution in [2.24, 2.45) is 5.73 Å². The summed E-state index contributed by atoms with van der Waals surface area (Å²) in [6.45, 7) is 7.32. The van der Waals surface area contributed by atoms with Crippen molar-refractivity contribution in [3.63, 3.8) is 0 Å². The van der Waals surface area contributed by atoms with Crippen molar-refractivity contribution in [3.05, 3.63) is 29.6 Å². The third-order valence-electron chi connectivity index (χ3n) is 2.62. The molecule has 0 radical (unpaired) electrons. The van der Waals surface area contributed by atoms with Crippen LogP contribution < -0.4 is 5.73 Å². The van der Waals surface area contributed by atoms with Crippen molar-refractivity contribution in [1.82, 2.24) is 9.88 Å². The lowest BCUT2D eigenvalue weighted by Crippen LogP contribution is -2.27. The Bertz CT molecular complexity index is 356. The molecule has 17 heavy (non-hydrogen) atoms. The van der Waals surface area contributed by atoms with Gasteiger partial charge in [-0.2, -0.15) is 0 Å². The molecule has 1 aromatic rings. The SMILES string of the molecule is CCCN(CCC)Cc1cccnc1C(=N)N. The molecule has 1 aromatic heterocycles.